The minimum Gasteiger partial charge on any atom is -0.480 e. The molecule has 19 heavy (non-hydrogen) atoms. The zero-order valence-electron chi connectivity index (χ0n) is 11.6. The van der Waals surface area contributed by atoms with E-state index < -0.39 is 5.97 Å². The molecule has 0 heterocycles. The molecule has 0 saturated heterocycles. The average molecular weight is 261 g/mol. The zero-order chi connectivity index (χ0) is 13.7. The van der Waals surface area contributed by atoms with E-state index >= 15 is 0 Å². The van der Waals surface area contributed by atoms with Gasteiger partial charge in [-0.05, 0) is 30.9 Å². The molecule has 3 heteroatoms. The van der Waals surface area contributed by atoms with Crippen molar-refractivity contribution in [3.8, 4) is 0 Å². The van der Waals surface area contributed by atoms with Gasteiger partial charge in [0, 0.05) is 11.7 Å². The molecule has 0 spiro atoms. The lowest BCUT2D eigenvalue weighted by Gasteiger charge is -2.40. The number of carbonyl (C=O) groups is 1. The molecular weight excluding hydrogens is 238 g/mol. The van der Waals surface area contributed by atoms with Crippen LogP contribution in [0.4, 0.5) is 5.69 Å². The highest BCUT2D eigenvalue weighted by molar-refractivity contribution is 5.74. The summed E-state index contributed by atoms with van der Waals surface area (Å²) in [4.78, 5) is 13.3. The van der Waals surface area contributed by atoms with Gasteiger partial charge in [-0.2, -0.15) is 0 Å². The minimum absolute atomic E-state index is 0.102. The van der Waals surface area contributed by atoms with E-state index in [0.29, 0.717) is 12.0 Å². The van der Waals surface area contributed by atoms with Gasteiger partial charge in [0.25, 0.3) is 0 Å². The third-order valence-corrected chi connectivity index (χ3v) is 4.19. The molecule has 1 aliphatic rings. The summed E-state index contributed by atoms with van der Waals surface area (Å²) in [5.41, 5.74) is 1.04. The van der Waals surface area contributed by atoms with Crippen LogP contribution in [0.1, 0.15) is 39.0 Å². The summed E-state index contributed by atoms with van der Waals surface area (Å²) in [5.74, 6) is -0.127. The molecule has 1 aromatic rings. The second-order valence-electron chi connectivity index (χ2n) is 5.38. The van der Waals surface area contributed by atoms with Crippen LogP contribution < -0.4 is 4.90 Å². The van der Waals surface area contributed by atoms with Crippen LogP contribution in [0.3, 0.4) is 0 Å². The van der Waals surface area contributed by atoms with Crippen molar-refractivity contribution in [2.24, 2.45) is 5.92 Å². The molecule has 3 nitrogen and oxygen atoms in total. The van der Waals surface area contributed by atoms with Crippen LogP contribution in [0.25, 0.3) is 0 Å². The van der Waals surface area contributed by atoms with Crippen LogP contribution in [0.5, 0.6) is 0 Å². The van der Waals surface area contributed by atoms with Crippen LogP contribution in [0.2, 0.25) is 0 Å². The smallest absolute Gasteiger partial charge is 0.323 e. The van der Waals surface area contributed by atoms with Crippen LogP contribution in [0, 0.1) is 5.92 Å². The normalized spacial score (nSPS) is 23.0. The monoisotopic (exact) mass is 261 g/mol. The van der Waals surface area contributed by atoms with E-state index in [1.54, 1.807) is 0 Å². The molecule has 0 bridgehead atoms. The Bertz CT molecular complexity index is 404. The summed E-state index contributed by atoms with van der Waals surface area (Å²) in [5, 5.41) is 9.19. The average Bonchev–Trinajstić information content (AvgIpc) is 2.45. The largest absolute Gasteiger partial charge is 0.480 e. The maximum atomic E-state index is 11.2. The summed E-state index contributed by atoms with van der Waals surface area (Å²) in [6, 6.07) is 10.3. The van der Waals surface area contributed by atoms with Gasteiger partial charge in [0.15, 0.2) is 0 Å². The van der Waals surface area contributed by atoms with Crippen LogP contribution >= 0.6 is 0 Å². The van der Waals surface area contributed by atoms with E-state index in [9.17, 15) is 9.90 Å². The highest BCUT2D eigenvalue weighted by Crippen LogP contribution is 2.33. The van der Waals surface area contributed by atoms with Crippen LogP contribution in [-0.2, 0) is 4.79 Å². The molecule has 1 aromatic carbocycles. The van der Waals surface area contributed by atoms with Crippen molar-refractivity contribution in [3.05, 3.63) is 30.3 Å². The quantitative estimate of drug-likeness (QED) is 0.881. The highest BCUT2D eigenvalue weighted by Gasteiger charge is 2.30. The molecule has 1 N–H and O–H groups in total. The van der Waals surface area contributed by atoms with Gasteiger partial charge in [-0.25, -0.2) is 0 Å². The van der Waals surface area contributed by atoms with Crippen molar-refractivity contribution in [1.29, 1.82) is 0 Å². The van der Waals surface area contributed by atoms with Crippen molar-refractivity contribution in [3.63, 3.8) is 0 Å². The van der Waals surface area contributed by atoms with Gasteiger partial charge in [-0.3, -0.25) is 4.79 Å². The Balaban J connectivity index is 2.23. The Morgan fingerprint density at radius 3 is 2.58 bits per heavy atom. The first kappa shape index (κ1) is 13.9. The second kappa shape index (κ2) is 6.60. The summed E-state index contributed by atoms with van der Waals surface area (Å²) in [7, 11) is 0. The fourth-order valence-corrected chi connectivity index (χ4v) is 3.24. The van der Waals surface area contributed by atoms with E-state index in [1.165, 1.54) is 19.3 Å². The fourth-order valence-electron chi connectivity index (χ4n) is 3.24. The molecule has 1 saturated carbocycles. The Hall–Kier alpha value is -1.51. The number of para-hydroxylation sites is 1. The number of rotatable bonds is 5. The molecule has 2 unspecified atom stereocenters. The molecule has 0 radical (unpaired) electrons. The number of hydrogen-bond acceptors (Lipinski definition) is 2. The summed E-state index contributed by atoms with van der Waals surface area (Å²) < 4.78 is 0. The molecule has 0 aliphatic heterocycles. The predicted octanol–water partition coefficient (Wildman–Crippen LogP) is 3.55. The fraction of sp³-hybridized carbons (Fsp3) is 0.562. The van der Waals surface area contributed by atoms with Crippen molar-refractivity contribution in [2.75, 3.05) is 11.4 Å². The molecule has 104 valence electrons. The van der Waals surface area contributed by atoms with Crippen molar-refractivity contribution >= 4 is 11.7 Å². The van der Waals surface area contributed by atoms with Crippen LogP contribution in [0.15, 0.2) is 30.3 Å². The SMILES string of the molecule is CCC1CCCCC1N(CC(=O)O)c1ccccc1. The first-order valence-electron chi connectivity index (χ1n) is 7.26. The highest BCUT2D eigenvalue weighted by atomic mass is 16.4. The van der Waals surface area contributed by atoms with Crippen LogP contribution in [-0.4, -0.2) is 23.7 Å². The first-order valence-corrected chi connectivity index (χ1v) is 7.26. The van der Waals surface area contributed by atoms with Gasteiger partial charge in [0.05, 0.1) is 0 Å². The second-order valence-corrected chi connectivity index (χ2v) is 5.38. The van der Waals surface area contributed by atoms with E-state index in [4.69, 9.17) is 0 Å². The van der Waals surface area contributed by atoms with Gasteiger partial charge in [-0.1, -0.05) is 44.4 Å². The van der Waals surface area contributed by atoms with Gasteiger partial charge < -0.3 is 10.0 Å². The minimum atomic E-state index is -0.746. The third kappa shape index (κ3) is 3.49. The summed E-state index contributed by atoms with van der Waals surface area (Å²) in [6.07, 6.45) is 5.97. The molecule has 2 rings (SSSR count). The zero-order valence-corrected chi connectivity index (χ0v) is 11.6. The van der Waals surface area contributed by atoms with E-state index in [-0.39, 0.29) is 6.54 Å². The Morgan fingerprint density at radius 2 is 1.95 bits per heavy atom. The van der Waals surface area contributed by atoms with Crippen molar-refractivity contribution in [2.45, 2.75) is 45.1 Å². The van der Waals surface area contributed by atoms with E-state index in [2.05, 4.69) is 11.8 Å². The van der Waals surface area contributed by atoms with E-state index in [1.807, 2.05) is 30.3 Å². The lowest BCUT2D eigenvalue weighted by atomic mass is 9.81. The molecule has 1 fully saturated rings. The maximum absolute atomic E-state index is 11.2. The number of hydrogen-bond donors (Lipinski definition) is 1. The Kier molecular flexibility index (Phi) is 4.83. The lowest BCUT2D eigenvalue weighted by molar-refractivity contribution is -0.135. The Labute approximate surface area is 115 Å². The lowest BCUT2D eigenvalue weighted by Crippen LogP contribution is -2.45. The number of carboxylic acids is 1. The number of carboxylic acid groups (broad SMARTS) is 1. The Morgan fingerprint density at radius 1 is 1.26 bits per heavy atom. The van der Waals surface area contributed by atoms with E-state index in [0.717, 1.165) is 18.5 Å². The molecular formula is C16H23NO2. The first-order chi connectivity index (χ1) is 9.22. The molecule has 1 aliphatic carbocycles. The van der Waals surface area contributed by atoms with Gasteiger partial charge in [0.2, 0.25) is 0 Å². The molecule has 0 aromatic heterocycles. The number of nitrogens with zero attached hydrogens (tertiary/aromatic N) is 1. The topological polar surface area (TPSA) is 40.5 Å². The standard InChI is InChI=1S/C16H23NO2/c1-2-13-8-6-7-11-15(13)17(12-16(18)19)14-9-4-3-5-10-14/h3-5,9-10,13,15H,2,6-8,11-12H2,1H3,(H,18,19). The number of benzene rings is 1. The number of anilines is 1. The predicted molar refractivity (Wildman–Crippen MR) is 77.5 cm³/mol. The van der Waals surface area contributed by atoms with Gasteiger partial charge >= 0.3 is 5.97 Å². The molecule has 2 atom stereocenters. The maximum Gasteiger partial charge on any atom is 0.323 e. The number of aliphatic carboxylic acids is 1. The molecule has 0 amide bonds. The van der Waals surface area contributed by atoms with Gasteiger partial charge in [0.1, 0.15) is 6.54 Å². The van der Waals surface area contributed by atoms with Crippen molar-refractivity contribution in [1.82, 2.24) is 0 Å². The van der Waals surface area contributed by atoms with Crippen molar-refractivity contribution < 1.29 is 9.90 Å². The third-order valence-electron chi connectivity index (χ3n) is 4.19. The van der Waals surface area contributed by atoms with Gasteiger partial charge in [-0.15, -0.1) is 0 Å². The summed E-state index contributed by atoms with van der Waals surface area (Å²) in [6.45, 7) is 2.32. The summed E-state index contributed by atoms with van der Waals surface area (Å²) >= 11 is 0.